The lowest BCUT2D eigenvalue weighted by Crippen LogP contribution is -2.34. The number of thioether (sulfide) groups is 1. The number of hydrogen-bond acceptors (Lipinski definition) is 3. The largest absolute Gasteiger partial charge is 0.478 e. The van der Waals surface area contributed by atoms with Crippen LogP contribution in [0.4, 0.5) is 5.69 Å². The number of carbonyl (C=O) groups is 1. The van der Waals surface area contributed by atoms with Gasteiger partial charge in [-0.1, -0.05) is 26.8 Å². The quantitative estimate of drug-likeness (QED) is 0.801. The fraction of sp³-hybridized carbons (Fsp3) is 0.533. The first-order valence-corrected chi connectivity index (χ1v) is 7.60. The highest BCUT2D eigenvalue weighted by Gasteiger charge is 2.22. The maximum Gasteiger partial charge on any atom is 0.338 e. The molecule has 1 atom stereocenters. The van der Waals surface area contributed by atoms with Crippen molar-refractivity contribution in [3.8, 4) is 0 Å². The SMILES string of the molecule is CCSc1cccc(N(C)C(C)C(C)C)c1C(=O)O. The van der Waals surface area contributed by atoms with Crippen LogP contribution in [0.15, 0.2) is 23.1 Å². The van der Waals surface area contributed by atoms with E-state index in [4.69, 9.17) is 0 Å². The van der Waals surface area contributed by atoms with Gasteiger partial charge in [-0.05, 0) is 30.7 Å². The van der Waals surface area contributed by atoms with Gasteiger partial charge in [0.25, 0.3) is 0 Å². The molecule has 0 spiro atoms. The van der Waals surface area contributed by atoms with E-state index in [1.54, 1.807) is 11.8 Å². The van der Waals surface area contributed by atoms with E-state index in [1.165, 1.54) is 0 Å². The number of benzene rings is 1. The van der Waals surface area contributed by atoms with Crippen LogP contribution in [0.2, 0.25) is 0 Å². The van der Waals surface area contributed by atoms with E-state index in [0.717, 1.165) is 16.3 Å². The highest BCUT2D eigenvalue weighted by atomic mass is 32.2. The molecule has 0 aliphatic heterocycles. The molecule has 0 bridgehead atoms. The van der Waals surface area contributed by atoms with Crippen LogP contribution in [0.25, 0.3) is 0 Å². The molecule has 0 radical (unpaired) electrons. The van der Waals surface area contributed by atoms with Crippen molar-refractivity contribution in [1.82, 2.24) is 0 Å². The van der Waals surface area contributed by atoms with Crippen LogP contribution in [-0.4, -0.2) is 29.9 Å². The molecule has 0 aliphatic rings. The van der Waals surface area contributed by atoms with Crippen molar-refractivity contribution < 1.29 is 9.90 Å². The summed E-state index contributed by atoms with van der Waals surface area (Å²) < 4.78 is 0. The van der Waals surface area contributed by atoms with Crippen molar-refractivity contribution in [3.05, 3.63) is 23.8 Å². The minimum Gasteiger partial charge on any atom is -0.478 e. The van der Waals surface area contributed by atoms with E-state index in [-0.39, 0.29) is 0 Å². The van der Waals surface area contributed by atoms with Gasteiger partial charge in [-0.3, -0.25) is 0 Å². The van der Waals surface area contributed by atoms with Gasteiger partial charge in [0.1, 0.15) is 0 Å². The van der Waals surface area contributed by atoms with Crippen LogP contribution < -0.4 is 4.90 Å². The van der Waals surface area contributed by atoms with Gasteiger partial charge < -0.3 is 10.0 Å². The van der Waals surface area contributed by atoms with Gasteiger partial charge in [-0.25, -0.2) is 4.79 Å². The summed E-state index contributed by atoms with van der Waals surface area (Å²) in [7, 11) is 1.97. The Morgan fingerprint density at radius 2 is 2.00 bits per heavy atom. The van der Waals surface area contributed by atoms with Gasteiger partial charge in [0, 0.05) is 18.0 Å². The highest BCUT2D eigenvalue weighted by Crippen LogP contribution is 2.32. The topological polar surface area (TPSA) is 40.5 Å². The fourth-order valence-corrected chi connectivity index (χ4v) is 2.79. The van der Waals surface area contributed by atoms with Crippen molar-refractivity contribution in [2.45, 2.75) is 38.6 Å². The van der Waals surface area contributed by atoms with Crippen molar-refractivity contribution in [3.63, 3.8) is 0 Å². The molecule has 3 nitrogen and oxygen atoms in total. The van der Waals surface area contributed by atoms with Gasteiger partial charge in [0.05, 0.1) is 11.3 Å². The summed E-state index contributed by atoms with van der Waals surface area (Å²) in [5.41, 5.74) is 1.22. The number of hydrogen-bond donors (Lipinski definition) is 1. The molecule has 1 rings (SSSR count). The zero-order valence-corrected chi connectivity index (χ0v) is 13.1. The fourth-order valence-electron chi connectivity index (χ4n) is 1.97. The average Bonchev–Trinajstić information content (AvgIpc) is 2.36. The van der Waals surface area contributed by atoms with Crippen LogP contribution in [0.1, 0.15) is 38.1 Å². The maximum atomic E-state index is 11.6. The summed E-state index contributed by atoms with van der Waals surface area (Å²) >= 11 is 1.57. The average molecular weight is 281 g/mol. The molecule has 4 heteroatoms. The summed E-state index contributed by atoms with van der Waals surface area (Å²) in [6, 6.07) is 6.00. The molecule has 0 saturated carbocycles. The Bertz CT molecular complexity index is 446. The second-order valence-corrected chi connectivity index (χ2v) is 6.29. The predicted molar refractivity (Wildman–Crippen MR) is 82.5 cm³/mol. The van der Waals surface area contributed by atoms with Gasteiger partial charge in [0.15, 0.2) is 0 Å². The lowest BCUT2D eigenvalue weighted by molar-refractivity contribution is 0.0693. The monoisotopic (exact) mass is 281 g/mol. The number of nitrogens with zero attached hydrogens (tertiary/aromatic N) is 1. The van der Waals surface area contributed by atoms with Gasteiger partial charge in [-0.2, -0.15) is 0 Å². The zero-order chi connectivity index (χ0) is 14.6. The standard InChI is InChI=1S/C15H23NO2S/c1-6-19-13-9-7-8-12(14(13)15(17)18)16(5)11(4)10(2)3/h7-11H,6H2,1-5H3,(H,17,18). The Morgan fingerprint density at radius 1 is 1.37 bits per heavy atom. The van der Waals surface area contributed by atoms with Gasteiger partial charge >= 0.3 is 5.97 Å². The molecule has 1 N–H and O–H groups in total. The van der Waals surface area contributed by atoms with Gasteiger partial charge in [-0.15, -0.1) is 11.8 Å². The lowest BCUT2D eigenvalue weighted by atomic mass is 10.0. The molecule has 1 unspecified atom stereocenters. The summed E-state index contributed by atoms with van der Waals surface area (Å²) in [4.78, 5) is 14.5. The molecule has 1 aromatic rings. The molecule has 0 amide bonds. The van der Waals surface area contributed by atoms with E-state index >= 15 is 0 Å². The Hall–Kier alpha value is -1.16. The zero-order valence-electron chi connectivity index (χ0n) is 12.3. The van der Waals surface area contributed by atoms with Crippen LogP contribution in [0, 0.1) is 5.92 Å². The molecular formula is C15H23NO2S. The third-order valence-electron chi connectivity index (χ3n) is 3.47. The van der Waals surface area contributed by atoms with Crippen LogP contribution in [-0.2, 0) is 0 Å². The highest BCUT2D eigenvalue weighted by molar-refractivity contribution is 7.99. The number of carboxylic acid groups (broad SMARTS) is 1. The summed E-state index contributed by atoms with van der Waals surface area (Å²) in [5.74, 6) is 0.483. The first kappa shape index (κ1) is 15.9. The maximum absolute atomic E-state index is 11.6. The smallest absolute Gasteiger partial charge is 0.338 e. The molecule has 0 aromatic heterocycles. The molecule has 1 aromatic carbocycles. The second kappa shape index (κ2) is 6.85. The Kier molecular flexibility index (Phi) is 5.73. The van der Waals surface area contributed by atoms with E-state index in [0.29, 0.717) is 17.5 Å². The normalized spacial score (nSPS) is 12.5. The Labute approximate surface area is 120 Å². The molecule has 19 heavy (non-hydrogen) atoms. The molecule has 106 valence electrons. The van der Waals surface area contributed by atoms with E-state index in [2.05, 4.69) is 25.7 Å². The summed E-state index contributed by atoms with van der Waals surface area (Å²) in [5, 5.41) is 9.50. The van der Waals surface area contributed by atoms with Crippen LogP contribution in [0.5, 0.6) is 0 Å². The van der Waals surface area contributed by atoms with Crippen molar-refractivity contribution in [1.29, 1.82) is 0 Å². The Morgan fingerprint density at radius 3 is 2.47 bits per heavy atom. The number of carboxylic acids is 1. The molecular weight excluding hydrogens is 258 g/mol. The number of rotatable bonds is 6. The third-order valence-corrected chi connectivity index (χ3v) is 4.41. The minimum absolute atomic E-state index is 0.292. The van der Waals surface area contributed by atoms with Gasteiger partial charge in [0.2, 0.25) is 0 Å². The van der Waals surface area contributed by atoms with Crippen molar-refractivity contribution in [2.24, 2.45) is 5.92 Å². The number of aromatic carboxylic acids is 1. The lowest BCUT2D eigenvalue weighted by Gasteiger charge is -2.31. The second-order valence-electron chi connectivity index (χ2n) is 4.98. The number of anilines is 1. The molecule has 0 fully saturated rings. The van der Waals surface area contributed by atoms with Crippen molar-refractivity contribution in [2.75, 3.05) is 17.7 Å². The van der Waals surface area contributed by atoms with Crippen molar-refractivity contribution >= 4 is 23.4 Å². The van der Waals surface area contributed by atoms with Crippen LogP contribution in [0.3, 0.4) is 0 Å². The van der Waals surface area contributed by atoms with E-state index in [1.807, 2.05) is 32.2 Å². The molecule has 0 heterocycles. The third kappa shape index (κ3) is 3.66. The van der Waals surface area contributed by atoms with E-state index < -0.39 is 5.97 Å². The Balaban J connectivity index is 3.26. The molecule has 0 saturated heterocycles. The minimum atomic E-state index is -0.852. The summed E-state index contributed by atoms with van der Waals surface area (Å²) in [6.07, 6.45) is 0. The molecule has 0 aliphatic carbocycles. The van der Waals surface area contributed by atoms with Crippen LogP contribution >= 0.6 is 11.8 Å². The van der Waals surface area contributed by atoms with E-state index in [9.17, 15) is 9.90 Å². The summed E-state index contributed by atoms with van der Waals surface area (Å²) in [6.45, 7) is 8.44. The predicted octanol–water partition coefficient (Wildman–Crippen LogP) is 3.98. The first-order chi connectivity index (χ1) is 8.90. The first-order valence-electron chi connectivity index (χ1n) is 6.62.